The third-order valence-corrected chi connectivity index (χ3v) is 5.56. The molecule has 6 heteroatoms. The molecule has 0 aromatic heterocycles. The van der Waals surface area contributed by atoms with Crippen molar-refractivity contribution in [2.45, 2.75) is 24.9 Å². The van der Waals surface area contributed by atoms with Crippen LogP contribution in [-0.2, 0) is 0 Å². The number of rotatable bonds is 4. The van der Waals surface area contributed by atoms with E-state index in [0.29, 0.717) is 5.02 Å². The van der Waals surface area contributed by atoms with E-state index in [9.17, 15) is 0 Å². The minimum Gasteiger partial charge on any atom is -0.361 e. The lowest BCUT2D eigenvalue weighted by Gasteiger charge is -2.28. The zero-order valence-corrected chi connectivity index (χ0v) is 17.2. The van der Waals surface area contributed by atoms with Crippen molar-refractivity contribution in [1.82, 2.24) is 4.72 Å². The average molecular weight is 409 g/mol. The Hall–Kier alpha value is -2.47. The van der Waals surface area contributed by atoms with Crippen LogP contribution in [0.15, 0.2) is 76.6 Å². The largest absolute Gasteiger partial charge is 0.361 e. The predicted molar refractivity (Wildman–Crippen MR) is 121 cm³/mol. The molecule has 3 aromatic carbocycles. The molecule has 4 rings (SSSR count). The van der Waals surface area contributed by atoms with Crippen molar-refractivity contribution in [1.29, 1.82) is 0 Å². The van der Waals surface area contributed by atoms with Crippen molar-refractivity contribution in [3.8, 4) is 0 Å². The van der Waals surface area contributed by atoms with Gasteiger partial charge in [-0.3, -0.25) is 0 Å². The van der Waals surface area contributed by atoms with Crippen molar-refractivity contribution in [3.05, 3.63) is 82.9 Å². The average Bonchev–Trinajstić information content (AvgIpc) is 2.69. The number of halogens is 1. The van der Waals surface area contributed by atoms with Gasteiger partial charge in [0.15, 0.2) is 0 Å². The van der Waals surface area contributed by atoms with Crippen molar-refractivity contribution < 1.29 is 0 Å². The van der Waals surface area contributed by atoms with Gasteiger partial charge in [-0.1, -0.05) is 41.9 Å². The highest BCUT2D eigenvalue weighted by Crippen LogP contribution is 2.31. The maximum Gasteiger partial charge on any atom is 0.146 e. The van der Waals surface area contributed by atoms with E-state index in [2.05, 4.69) is 46.5 Å². The summed E-state index contributed by atoms with van der Waals surface area (Å²) in [5.41, 5.74) is 5.09. The Morgan fingerprint density at radius 3 is 2.64 bits per heavy atom. The monoisotopic (exact) mass is 408 g/mol. The van der Waals surface area contributed by atoms with Crippen molar-refractivity contribution in [3.63, 3.8) is 0 Å². The quantitative estimate of drug-likeness (QED) is 0.453. The number of anilines is 2. The summed E-state index contributed by atoms with van der Waals surface area (Å²) in [5.74, 6) is 0.770. The van der Waals surface area contributed by atoms with Gasteiger partial charge >= 0.3 is 0 Å². The van der Waals surface area contributed by atoms with Crippen LogP contribution in [0, 0.1) is 13.8 Å². The Labute approximate surface area is 174 Å². The topological polar surface area (TPSA) is 48.5 Å². The molecule has 4 nitrogen and oxygen atoms in total. The number of aryl methyl sites for hydroxylation is 2. The van der Waals surface area contributed by atoms with Gasteiger partial charge in [0.1, 0.15) is 12.0 Å². The number of nitrogens with one attached hydrogen (secondary N) is 3. The molecule has 3 N–H and O–H groups in total. The van der Waals surface area contributed by atoms with Gasteiger partial charge < -0.3 is 10.6 Å². The fraction of sp³-hybridized carbons (Fsp3) is 0.136. The maximum absolute atomic E-state index is 6.39. The molecule has 1 aliphatic rings. The highest BCUT2D eigenvalue weighted by Gasteiger charge is 2.23. The minimum atomic E-state index is -0.197. The fourth-order valence-corrected chi connectivity index (χ4v) is 3.96. The van der Waals surface area contributed by atoms with E-state index in [1.54, 1.807) is 11.9 Å². The lowest BCUT2D eigenvalue weighted by Crippen LogP contribution is -2.45. The molecule has 28 heavy (non-hydrogen) atoms. The molecule has 0 spiro atoms. The first-order valence-corrected chi connectivity index (χ1v) is 10.2. The SMILES string of the molecule is Cc1cccc(SNC2Nc3ccccc3N=C2Nc2cc(C)ccc2Cl)c1. The summed E-state index contributed by atoms with van der Waals surface area (Å²) in [6, 6.07) is 22.3. The molecule has 0 saturated heterocycles. The van der Waals surface area contributed by atoms with Gasteiger partial charge in [-0.2, -0.15) is 0 Å². The van der Waals surface area contributed by atoms with Crippen LogP contribution in [0.25, 0.3) is 0 Å². The van der Waals surface area contributed by atoms with Crippen LogP contribution >= 0.6 is 23.5 Å². The Bertz CT molecular complexity index is 1030. The molecule has 1 aliphatic heterocycles. The van der Waals surface area contributed by atoms with Crippen LogP contribution in [0.1, 0.15) is 11.1 Å². The number of aliphatic imine (C=N–C) groups is 1. The number of para-hydroxylation sites is 2. The maximum atomic E-state index is 6.39. The summed E-state index contributed by atoms with van der Waals surface area (Å²) >= 11 is 7.96. The molecule has 0 bridgehead atoms. The van der Waals surface area contributed by atoms with Crippen LogP contribution in [0.2, 0.25) is 5.02 Å². The summed E-state index contributed by atoms with van der Waals surface area (Å²) in [7, 11) is 0. The first kappa shape index (κ1) is 18.9. The molecule has 1 heterocycles. The number of amidine groups is 1. The molecule has 0 fully saturated rings. The van der Waals surface area contributed by atoms with Crippen LogP contribution in [0.5, 0.6) is 0 Å². The van der Waals surface area contributed by atoms with Gasteiger partial charge in [0.05, 0.1) is 22.1 Å². The second-order valence-electron chi connectivity index (χ2n) is 6.74. The third-order valence-electron chi connectivity index (χ3n) is 4.39. The van der Waals surface area contributed by atoms with Crippen molar-refractivity contribution >= 4 is 46.4 Å². The predicted octanol–water partition coefficient (Wildman–Crippen LogP) is 6.15. The van der Waals surface area contributed by atoms with Crippen LogP contribution in [0.4, 0.5) is 17.1 Å². The summed E-state index contributed by atoms with van der Waals surface area (Å²) in [5, 5.41) is 7.59. The Kier molecular flexibility index (Phi) is 5.57. The Balaban J connectivity index is 1.61. The summed E-state index contributed by atoms with van der Waals surface area (Å²) < 4.78 is 3.48. The van der Waals surface area contributed by atoms with Gasteiger partial charge in [0.25, 0.3) is 0 Å². The van der Waals surface area contributed by atoms with E-state index in [1.165, 1.54) is 5.56 Å². The second kappa shape index (κ2) is 8.27. The molecular weight excluding hydrogens is 388 g/mol. The van der Waals surface area contributed by atoms with E-state index in [4.69, 9.17) is 16.6 Å². The van der Waals surface area contributed by atoms with E-state index < -0.39 is 0 Å². The van der Waals surface area contributed by atoms with Crippen LogP contribution in [0.3, 0.4) is 0 Å². The van der Waals surface area contributed by atoms with Gasteiger partial charge in [-0.25, -0.2) is 9.71 Å². The lowest BCUT2D eigenvalue weighted by molar-refractivity contribution is 0.895. The highest BCUT2D eigenvalue weighted by molar-refractivity contribution is 7.97. The number of hydrogen-bond acceptors (Lipinski definition) is 5. The first-order valence-electron chi connectivity index (χ1n) is 9.05. The molecule has 0 saturated carbocycles. The number of benzene rings is 3. The fourth-order valence-electron chi connectivity index (χ4n) is 2.98. The first-order chi connectivity index (χ1) is 13.6. The molecule has 0 aliphatic carbocycles. The van der Waals surface area contributed by atoms with Gasteiger partial charge in [0.2, 0.25) is 0 Å². The molecule has 1 unspecified atom stereocenters. The van der Waals surface area contributed by atoms with Gasteiger partial charge in [0, 0.05) is 4.90 Å². The van der Waals surface area contributed by atoms with E-state index in [0.717, 1.165) is 33.4 Å². The normalized spacial score (nSPS) is 15.4. The smallest absolute Gasteiger partial charge is 0.146 e. The molecule has 1 atom stereocenters. The molecular formula is C22H21ClN4S. The van der Waals surface area contributed by atoms with Crippen molar-refractivity contribution in [2.75, 3.05) is 10.6 Å². The third kappa shape index (κ3) is 4.33. The van der Waals surface area contributed by atoms with Gasteiger partial charge in [-0.05, 0) is 73.3 Å². The standard InChI is InChI=1S/C22H21ClN4S/c1-14-6-5-7-16(12-14)28-27-22-21(24-18-8-3-4-9-19(18)25-22)26-20-13-15(2)10-11-17(20)23/h3-13,22,25,27H,1-2H3,(H,24,26). The number of nitrogens with zero attached hydrogens (tertiary/aromatic N) is 1. The Morgan fingerprint density at radius 1 is 0.964 bits per heavy atom. The molecule has 0 radical (unpaired) electrons. The lowest BCUT2D eigenvalue weighted by atomic mass is 10.2. The summed E-state index contributed by atoms with van der Waals surface area (Å²) in [6.45, 7) is 4.13. The summed E-state index contributed by atoms with van der Waals surface area (Å²) in [6.07, 6.45) is -0.197. The van der Waals surface area contributed by atoms with Crippen LogP contribution < -0.4 is 15.4 Å². The van der Waals surface area contributed by atoms with Crippen LogP contribution in [-0.4, -0.2) is 12.0 Å². The molecule has 0 amide bonds. The minimum absolute atomic E-state index is 0.197. The second-order valence-corrected chi connectivity index (χ2v) is 8.05. The summed E-state index contributed by atoms with van der Waals surface area (Å²) in [4.78, 5) is 5.98. The number of fused-ring (bicyclic) bond motifs is 1. The molecule has 142 valence electrons. The van der Waals surface area contributed by atoms with E-state index in [1.807, 2.05) is 49.4 Å². The van der Waals surface area contributed by atoms with Gasteiger partial charge in [-0.15, -0.1) is 0 Å². The van der Waals surface area contributed by atoms with E-state index >= 15 is 0 Å². The zero-order chi connectivity index (χ0) is 19.5. The zero-order valence-electron chi connectivity index (χ0n) is 15.7. The Morgan fingerprint density at radius 2 is 1.79 bits per heavy atom. The van der Waals surface area contributed by atoms with Crippen molar-refractivity contribution in [2.24, 2.45) is 4.99 Å². The number of hydrogen-bond donors (Lipinski definition) is 3. The highest BCUT2D eigenvalue weighted by atomic mass is 35.5. The van der Waals surface area contributed by atoms with E-state index in [-0.39, 0.29) is 6.17 Å². The molecule has 3 aromatic rings.